The highest BCUT2D eigenvalue weighted by Crippen LogP contribution is 2.01. The molecule has 0 aliphatic heterocycles. The van der Waals surface area contributed by atoms with Crippen LogP contribution in [0.15, 0.2) is 0 Å². The van der Waals surface area contributed by atoms with Crippen LogP contribution >= 0.6 is 0 Å². The Hall–Kier alpha value is -1.30. The lowest BCUT2D eigenvalue weighted by molar-refractivity contribution is -0.121. The maximum atomic E-state index is 11.4. The van der Waals surface area contributed by atoms with Crippen LogP contribution in [-0.4, -0.2) is 50.6 Å². The van der Waals surface area contributed by atoms with Crippen LogP contribution in [0, 0.1) is 0 Å². The molecule has 0 aliphatic rings. The van der Waals surface area contributed by atoms with Crippen molar-refractivity contribution in [1.29, 1.82) is 0 Å². The van der Waals surface area contributed by atoms with Crippen LogP contribution in [-0.2, 0) is 4.79 Å². The SMILES string of the molecule is CN(C)C(=O)NCCNC(=O)CCCCCCN. The Labute approximate surface area is 109 Å². The number of nitrogens with zero attached hydrogens (tertiary/aromatic N) is 1. The van der Waals surface area contributed by atoms with E-state index in [2.05, 4.69) is 10.6 Å². The molecule has 0 bridgehead atoms. The lowest BCUT2D eigenvalue weighted by Crippen LogP contribution is -2.39. The molecule has 0 aliphatic carbocycles. The third-order valence-corrected chi connectivity index (χ3v) is 2.49. The van der Waals surface area contributed by atoms with E-state index >= 15 is 0 Å². The van der Waals surface area contributed by atoms with E-state index in [1.54, 1.807) is 14.1 Å². The number of rotatable bonds is 9. The van der Waals surface area contributed by atoms with Crippen molar-refractivity contribution >= 4 is 11.9 Å². The lowest BCUT2D eigenvalue weighted by atomic mass is 10.1. The summed E-state index contributed by atoms with van der Waals surface area (Å²) in [6.07, 6.45) is 4.60. The van der Waals surface area contributed by atoms with E-state index in [1.807, 2.05) is 0 Å². The van der Waals surface area contributed by atoms with Crippen LogP contribution in [0.5, 0.6) is 0 Å². The van der Waals surface area contributed by atoms with E-state index in [0.29, 0.717) is 19.5 Å². The highest BCUT2D eigenvalue weighted by Gasteiger charge is 2.03. The largest absolute Gasteiger partial charge is 0.354 e. The van der Waals surface area contributed by atoms with E-state index in [-0.39, 0.29) is 11.9 Å². The van der Waals surface area contributed by atoms with Crippen molar-refractivity contribution in [3.05, 3.63) is 0 Å². The molecule has 106 valence electrons. The Kier molecular flexibility index (Phi) is 10.0. The summed E-state index contributed by atoms with van der Waals surface area (Å²) in [7, 11) is 3.35. The molecule has 3 amide bonds. The average molecular weight is 258 g/mol. The highest BCUT2D eigenvalue weighted by molar-refractivity contribution is 5.76. The molecule has 18 heavy (non-hydrogen) atoms. The van der Waals surface area contributed by atoms with Crippen LogP contribution in [0.2, 0.25) is 0 Å². The second kappa shape index (κ2) is 10.8. The number of carbonyl (C=O) groups is 2. The zero-order valence-electron chi connectivity index (χ0n) is 11.5. The molecule has 0 atom stereocenters. The first-order valence-corrected chi connectivity index (χ1v) is 6.50. The van der Waals surface area contributed by atoms with Gasteiger partial charge < -0.3 is 21.3 Å². The topological polar surface area (TPSA) is 87.5 Å². The van der Waals surface area contributed by atoms with Crippen LogP contribution in [0.3, 0.4) is 0 Å². The van der Waals surface area contributed by atoms with Gasteiger partial charge in [0.1, 0.15) is 0 Å². The summed E-state index contributed by atoms with van der Waals surface area (Å²) in [6, 6.07) is -0.147. The van der Waals surface area contributed by atoms with E-state index in [0.717, 1.165) is 32.2 Å². The van der Waals surface area contributed by atoms with Crippen molar-refractivity contribution in [3.63, 3.8) is 0 Å². The van der Waals surface area contributed by atoms with Crippen molar-refractivity contribution in [3.8, 4) is 0 Å². The van der Waals surface area contributed by atoms with Gasteiger partial charge in [0.15, 0.2) is 0 Å². The Morgan fingerprint density at radius 3 is 2.22 bits per heavy atom. The average Bonchev–Trinajstić information content (AvgIpc) is 2.34. The number of unbranched alkanes of at least 4 members (excludes halogenated alkanes) is 3. The van der Waals surface area contributed by atoms with Crippen LogP contribution in [0.1, 0.15) is 32.1 Å². The van der Waals surface area contributed by atoms with Gasteiger partial charge >= 0.3 is 6.03 Å². The number of urea groups is 1. The molecule has 4 N–H and O–H groups in total. The van der Waals surface area contributed by atoms with Crippen molar-refractivity contribution in [2.24, 2.45) is 5.73 Å². The summed E-state index contributed by atoms with van der Waals surface area (Å²) in [6.45, 7) is 1.65. The molecule has 0 rings (SSSR count). The van der Waals surface area contributed by atoms with Crippen LogP contribution in [0.4, 0.5) is 4.79 Å². The number of carbonyl (C=O) groups excluding carboxylic acids is 2. The maximum absolute atomic E-state index is 11.4. The van der Waals surface area contributed by atoms with Crippen molar-refractivity contribution in [2.45, 2.75) is 32.1 Å². The quantitative estimate of drug-likeness (QED) is 0.519. The molecule has 6 heteroatoms. The summed E-state index contributed by atoms with van der Waals surface area (Å²) in [4.78, 5) is 24.0. The number of hydrogen-bond donors (Lipinski definition) is 3. The molecule has 6 nitrogen and oxygen atoms in total. The van der Waals surface area contributed by atoms with Crippen LogP contribution in [0.25, 0.3) is 0 Å². The predicted molar refractivity (Wildman–Crippen MR) is 72.2 cm³/mol. The third kappa shape index (κ3) is 9.89. The molecular formula is C12H26N4O2. The molecule has 0 fully saturated rings. The van der Waals surface area contributed by atoms with Gasteiger partial charge in [-0.1, -0.05) is 12.8 Å². The Morgan fingerprint density at radius 1 is 1.00 bits per heavy atom. The Morgan fingerprint density at radius 2 is 1.61 bits per heavy atom. The number of nitrogens with one attached hydrogen (secondary N) is 2. The van der Waals surface area contributed by atoms with Gasteiger partial charge in [0.25, 0.3) is 0 Å². The zero-order chi connectivity index (χ0) is 13.8. The van der Waals surface area contributed by atoms with Gasteiger partial charge in [0.2, 0.25) is 5.91 Å². The van der Waals surface area contributed by atoms with Gasteiger partial charge in [-0.25, -0.2) is 4.79 Å². The monoisotopic (exact) mass is 258 g/mol. The molecule has 0 aromatic carbocycles. The van der Waals surface area contributed by atoms with Crippen molar-refractivity contribution < 1.29 is 9.59 Å². The number of hydrogen-bond acceptors (Lipinski definition) is 3. The van der Waals surface area contributed by atoms with Gasteiger partial charge in [0.05, 0.1) is 0 Å². The van der Waals surface area contributed by atoms with Crippen molar-refractivity contribution in [2.75, 3.05) is 33.7 Å². The molecule has 0 saturated heterocycles. The summed E-state index contributed by atoms with van der Waals surface area (Å²) in [5.74, 6) is 0.0434. The van der Waals surface area contributed by atoms with E-state index in [1.165, 1.54) is 4.90 Å². The number of nitrogens with two attached hydrogens (primary N) is 1. The van der Waals surface area contributed by atoms with E-state index in [9.17, 15) is 9.59 Å². The molecule has 0 aromatic rings. The van der Waals surface area contributed by atoms with Gasteiger partial charge in [-0.05, 0) is 19.4 Å². The Balaban J connectivity index is 3.34. The first-order chi connectivity index (χ1) is 8.57. The summed E-state index contributed by atoms with van der Waals surface area (Å²) < 4.78 is 0. The first kappa shape index (κ1) is 16.7. The molecule has 0 unspecified atom stereocenters. The predicted octanol–water partition coefficient (Wildman–Crippen LogP) is 0.283. The number of amides is 3. The minimum absolute atomic E-state index is 0.0434. The minimum Gasteiger partial charge on any atom is -0.354 e. The van der Waals surface area contributed by atoms with Crippen molar-refractivity contribution in [1.82, 2.24) is 15.5 Å². The molecular weight excluding hydrogens is 232 g/mol. The van der Waals surface area contributed by atoms with Gasteiger partial charge in [-0.3, -0.25) is 4.79 Å². The maximum Gasteiger partial charge on any atom is 0.316 e. The summed E-state index contributed by atoms with van der Waals surface area (Å²) in [5, 5.41) is 5.45. The molecule has 0 heterocycles. The normalized spacial score (nSPS) is 9.94. The van der Waals surface area contributed by atoms with Gasteiger partial charge in [0, 0.05) is 33.6 Å². The molecule has 0 aromatic heterocycles. The fourth-order valence-electron chi connectivity index (χ4n) is 1.40. The van der Waals surface area contributed by atoms with E-state index < -0.39 is 0 Å². The smallest absolute Gasteiger partial charge is 0.316 e. The van der Waals surface area contributed by atoms with Gasteiger partial charge in [-0.15, -0.1) is 0 Å². The molecule has 0 spiro atoms. The fraction of sp³-hybridized carbons (Fsp3) is 0.833. The summed E-state index contributed by atoms with van der Waals surface area (Å²) in [5.41, 5.74) is 5.38. The first-order valence-electron chi connectivity index (χ1n) is 6.50. The second-order valence-corrected chi connectivity index (χ2v) is 4.43. The second-order valence-electron chi connectivity index (χ2n) is 4.43. The van der Waals surface area contributed by atoms with Crippen LogP contribution < -0.4 is 16.4 Å². The highest BCUT2D eigenvalue weighted by atomic mass is 16.2. The zero-order valence-corrected chi connectivity index (χ0v) is 11.5. The third-order valence-electron chi connectivity index (χ3n) is 2.49. The lowest BCUT2D eigenvalue weighted by Gasteiger charge is -2.12. The van der Waals surface area contributed by atoms with Gasteiger partial charge in [-0.2, -0.15) is 0 Å². The summed E-state index contributed by atoms with van der Waals surface area (Å²) >= 11 is 0. The molecule has 0 radical (unpaired) electrons. The van der Waals surface area contributed by atoms with E-state index in [4.69, 9.17) is 5.73 Å². The fourth-order valence-corrected chi connectivity index (χ4v) is 1.40. The molecule has 0 saturated carbocycles. The standard InChI is InChI=1S/C12H26N4O2/c1-16(2)12(18)15-10-9-14-11(17)7-5-3-4-6-8-13/h3-10,13H2,1-2H3,(H,14,17)(H,15,18). The Bertz CT molecular complexity index is 244. The minimum atomic E-state index is -0.147.